The number of thioether (sulfide) groups is 1. The molecule has 0 aliphatic carbocycles. The molecule has 0 aliphatic rings. The molecule has 5 nitrogen and oxygen atoms in total. The average Bonchev–Trinajstić information content (AvgIpc) is 2.66. The summed E-state index contributed by atoms with van der Waals surface area (Å²) in [6.45, 7) is 6.68. The molecule has 0 aromatic carbocycles. The predicted octanol–water partition coefficient (Wildman–Crippen LogP) is 1.60. The Morgan fingerprint density at radius 2 is 2.29 bits per heavy atom. The maximum Gasteiger partial charge on any atom is 0.236 e. The van der Waals surface area contributed by atoms with Crippen molar-refractivity contribution in [1.82, 2.24) is 5.16 Å². The lowest BCUT2D eigenvalue weighted by Crippen LogP contribution is -2.15. The van der Waals surface area contributed by atoms with Crippen LogP contribution in [-0.4, -0.2) is 29.1 Å². The van der Waals surface area contributed by atoms with Gasteiger partial charge in [0.1, 0.15) is 0 Å². The number of nitrogens with two attached hydrogens (primary N) is 1. The Labute approximate surface area is 105 Å². The van der Waals surface area contributed by atoms with E-state index < -0.39 is 0 Å². The molecule has 0 fully saturated rings. The monoisotopic (exact) mass is 257 g/mol. The molecule has 1 amide bonds. The highest BCUT2D eigenvalue weighted by atomic mass is 32.2. The van der Waals surface area contributed by atoms with Crippen molar-refractivity contribution in [2.75, 3.05) is 23.4 Å². The van der Waals surface area contributed by atoms with Crippen LogP contribution in [0.4, 0.5) is 5.88 Å². The van der Waals surface area contributed by atoms with Crippen LogP contribution < -0.4 is 11.1 Å². The van der Waals surface area contributed by atoms with Gasteiger partial charge in [-0.2, -0.15) is 11.8 Å². The zero-order valence-corrected chi connectivity index (χ0v) is 11.3. The fourth-order valence-electron chi connectivity index (χ4n) is 1.11. The van der Waals surface area contributed by atoms with E-state index in [1.807, 2.05) is 20.8 Å². The van der Waals surface area contributed by atoms with E-state index >= 15 is 0 Å². The molecule has 0 atom stereocenters. The summed E-state index contributed by atoms with van der Waals surface area (Å²) in [5.74, 6) is 1.45. The molecule has 3 N–H and O–H groups in total. The highest BCUT2D eigenvalue weighted by Crippen LogP contribution is 2.23. The zero-order chi connectivity index (χ0) is 12.9. The number of hydrogen-bond acceptors (Lipinski definition) is 5. The topological polar surface area (TPSA) is 81.2 Å². The summed E-state index contributed by atoms with van der Waals surface area (Å²) in [6.07, 6.45) is 0. The van der Waals surface area contributed by atoms with Crippen molar-refractivity contribution in [2.45, 2.75) is 26.2 Å². The Kier molecular flexibility index (Phi) is 5.02. The standard InChI is InChI=1S/C11H19N3O2S/c1-11(2,3)8-6-10(16-14-8)13-9(15)7-17-5-4-12/h6H,4-5,7,12H2,1-3H3,(H,13,15). The predicted molar refractivity (Wildman–Crippen MR) is 70.2 cm³/mol. The third kappa shape index (κ3) is 4.79. The second-order valence-corrected chi connectivity index (χ2v) is 5.82. The Morgan fingerprint density at radius 1 is 1.59 bits per heavy atom. The number of nitrogens with zero attached hydrogens (tertiary/aromatic N) is 1. The summed E-state index contributed by atoms with van der Waals surface area (Å²) in [6, 6.07) is 1.76. The van der Waals surface area contributed by atoms with E-state index in [1.54, 1.807) is 6.07 Å². The second kappa shape index (κ2) is 6.07. The van der Waals surface area contributed by atoms with E-state index in [4.69, 9.17) is 10.3 Å². The normalized spacial score (nSPS) is 11.5. The quantitative estimate of drug-likeness (QED) is 0.783. The van der Waals surface area contributed by atoms with Crippen LogP contribution in [0.5, 0.6) is 0 Å². The largest absolute Gasteiger partial charge is 0.338 e. The summed E-state index contributed by atoms with van der Waals surface area (Å²) in [4.78, 5) is 11.5. The molecule has 17 heavy (non-hydrogen) atoms. The highest BCUT2D eigenvalue weighted by Gasteiger charge is 2.19. The van der Waals surface area contributed by atoms with Crippen molar-refractivity contribution in [1.29, 1.82) is 0 Å². The molecule has 1 heterocycles. The Hall–Kier alpha value is -1.01. The molecule has 0 unspecified atom stereocenters. The maximum absolute atomic E-state index is 11.5. The molecule has 1 aromatic rings. The lowest BCUT2D eigenvalue weighted by molar-refractivity contribution is -0.113. The smallest absolute Gasteiger partial charge is 0.236 e. The van der Waals surface area contributed by atoms with E-state index in [0.717, 1.165) is 11.4 Å². The van der Waals surface area contributed by atoms with Crippen LogP contribution in [0.15, 0.2) is 10.6 Å². The molecule has 6 heteroatoms. The lowest BCUT2D eigenvalue weighted by atomic mass is 9.92. The average molecular weight is 257 g/mol. The summed E-state index contributed by atoms with van der Waals surface area (Å²) < 4.78 is 5.05. The molecule has 96 valence electrons. The van der Waals surface area contributed by atoms with E-state index in [2.05, 4.69) is 10.5 Å². The minimum atomic E-state index is -0.0972. The first-order chi connectivity index (χ1) is 7.93. The third-order valence-corrected chi connectivity index (χ3v) is 3.03. The fraction of sp³-hybridized carbons (Fsp3) is 0.636. The molecule has 0 saturated carbocycles. The number of carbonyl (C=O) groups excluding carboxylic acids is 1. The molecule has 0 spiro atoms. The third-order valence-electron chi connectivity index (χ3n) is 2.04. The maximum atomic E-state index is 11.5. The molecule has 1 rings (SSSR count). The van der Waals surface area contributed by atoms with E-state index in [0.29, 0.717) is 18.2 Å². The summed E-state index contributed by atoms with van der Waals surface area (Å²) in [5, 5.41) is 6.58. The summed E-state index contributed by atoms with van der Waals surface area (Å²) in [5.41, 5.74) is 6.08. The Morgan fingerprint density at radius 3 is 2.82 bits per heavy atom. The summed E-state index contributed by atoms with van der Waals surface area (Å²) >= 11 is 1.49. The molecule has 0 bridgehead atoms. The number of rotatable bonds is 5. The van der Waals surface area contributed by atoms with Gasteiger partial charge in [0.25, 0.3) is 0 Å². The molecule has 0 radical (unpaired) electrons. The highest BCUT2D eigenvalue weighted by molar-refractivity contribution is 7.99. The SMILES string of the molecule is CC(C)(C)c1cc(NC(=O)CSCCN)on1. The second-order valence-electron chi connectivity index (χ2n) is 4.72. The van der Waals surface area contributed by atoms with Crippen LogP contribution in [-0.2, 0) is 10.2 Å². The van der Waals surface area contributed by atoms with Gasteiger partial charge in [-0.25, -0.2) is 0 Å². The first-order valence-electron chi connectivity index (χ1n) is 5.48. The van der Waals surface area contributed by atoms with E-state index in [1.165, 1.54) is 11.8 Å². The van der Waals surface area contributed by atoms with Crippen molar-refractivity contribution in [3.8, 4) is 0 Å². The van der Waals surface area contributed by atoms with Crippen LogP contribution in [0.3, 0.4) is 0 Å². The van der Waals surface area contributed by atoms with Gasteiger partial charge in [-0.3, -0.25) is 10.1 Å². The van der Waals surface area contributed by atoms with Gasteiger partial charge in [0, 0.05) is 23.8 Å². The van der Waals surface area contributed by atoms with Gasteiger partial charge >= 0.3 is 0 Å². The molecular weight excluding hydrogens is 238 g/mol. The minimum absolute atomic E-state index is 0.0826. The van der Waals surface area contributed by atoms with Crippen molar-refractivity contribution in [3.05, 3.63) is 11.8 Å². The van der Waals surface area contributed by atoms with E-state index in [9.17, 15) is 4.79 Å². The number of anilines is 1. The summed E-state index contributed by atoms with van der Waals surface area (Å²) in [7, 11) is 0. The van der Waals surface area contributed by atoms with Gasteiger partial charge in [-0.15, -0.1) is 0 Å². The number of amides is 1. The minimum Gasteiger partial charge on any atom is -0.338 e. The first-order valence-corrected chi connectivity index (χ1v) is 6.64. The van der Waals surface area contributed by atoms with Gasteiger partial charge in [-0.05, 0) is 0 Å². The van der Waals surface area contributed by atoms with Crippen LogP contribution in [0, 0.1) is 0 Å². The number of nitrogens with one attached hydrogen (secondary N) is 1. The van der Waals surface area contributed by atoms with Crippen molar-refractivity contribution >= 4 is 23.6 Å². The Bertz CT molecular complexity index is 371. The van der Waals surface area contributed by atoms with Crippen molar-refractivity contribution < 1.29 is 9.32 Å². The van der Waals surface area contributed by atoms with Gasteiger partial charge in [0.05, 0.1) is 11.4 Å². The van der Waals surface area contributed by atoms with Crippen molar-refractivity contribution in [2.24, 2.45) is 5.73 Å². The van der Waals surface area contributed by atoms with Gasteiger partial charge in [-0.1, -0.05) is 25.9 Å². The number of aromatic nitrogens is 1. The van der Waals surface area contributed by atoms with Gasteiger partial charge in [0.2, 0.25) is 11.8 Å². The molecule has 1 aromatic heterocycles. The van der Waals surface area contributed by atoms with Crippen molar-refractivity contribution in [3.63, 3.8) is 0 Å². The molecule has 0 aliphatic heterocycles. The molecular formula is C11H19N3O2S. The van der Waals surface area contributed by atoms with Crippen LogP contribution >= 0.6 is 11.8 Å². The van der Waals surface area contributed by atoms with Crippen LogP contribution in [0.1, 0.15) is 26.5 Å². The van der Waals surface area contributed by atoms with Gasteiger partial charge < -0.3 is 10.3 Å². The first kappa shape index (κ1) is 14.1. The number of hydrogen-bond donors (Lipinski definition) is 2. The van der Waals surface area contributed by atoms with E-state index in [-0.39, 0.29) is 11.3 Å². The lowest BCUT2D eigenvalue weighted by Gasteiger charge is -2.12. The fourth-order valence-corrected chi connectivity index (χ4v) is 1.68. The molecule has 0 saturated heterocycles. The Balaban J connectivity index is 2.46. The van der Waals surface area contributed by atoms with Crippen LogP contribution in [0.2, 0.25) is 0 Å². The van der Waals surface area contributed by atoms with Gasteiger partial charge in [0.15, 0.2) is 0 Å². The zero-order valence-electron chi connectivity index (χ0n) is 10.4. The van der Waals surface area contributed by atoms with Crippen LogP contribution in [0.25, 0.3) is 0 Å². The number of carbonyl (C=O) groups is 1.